The van der Waals surface area contributed by atoms with Crippen LogP contribution in [0.15, 0.2) is 36.4 Å². The minimum absolute atomic E-state index is 0.114. The average molecular weight is 389 g/mol. The van der Waals surface area contributed by atoms with Crippen LogP contribution in [-0.2, 0) is 23.1 Å². The van der Waals surface area contributed by atoms with E-state index in [0.717, 1.165) is 17.0 Å². The number of carbonyl (C=O) groups excluding carboxylic acids is 2. The van der Waals surface area contributed by atoms with Crippen molar-refractivity contribution in [3.05, 3.63) is 56.7 Å². The lowest BCUT2D eigenvalue weighted by molar-refractivity contribution is -0.137. The van der Waals surface area contributed by atoms with E-state index in [2.05, 4.69) is 5.32 Å². The highest BCUT2D eigenvalue weighted by Gasteiger charge is 2.49. The summed E-state index contributed by atoms with van der Waals surface area (Å²) in [4.78, 5) is 26.5. The third kappa shape index (κ3) is 3.23. The van der Waals surface area contributed by atoms with Crippen LogP contribution in [0.3, 0.4) is 0 Å². The van der Waals surface area contributed by atoms with Crippen molar-refractivity contribution in [2.45, 2.75) is 25.2 Å². The number of hydrogen-bond acceptors (Lipinski definition) is 3. The maximum absolute atomic E-state index is 12.7. The minimum atomic E-state index is -4.43. The molecule has 25 heavy (non-hydrogen) atoms. The number of nitrogens with zero attached hydrogens (tertiary/aromatic N) is 1. The number of imide groups is 1. The molecule has 2 aromatic rings. The number of urea groups is 1. The summed E-state index contributed by atoms with van der Waals surface area (Å²) in [5.74, 6) is -0.476. The smallest absolute Gasteiger partial charge is 0.319 e. The van der Waals surface area contributed by atoms with E-state index in [1.807, 2.05) is 0 Å². The zero-order valence-corrected chi connectivity index (χ0v) is 14.4. The Hall–Kier alpha value is -2.06. The molecule has 1 aliphatic heterocycles. The van der Waals surface area contributed by atoms with E-state index in [0.29, 0.717) is 14.8 Å². The Morgan fingerprint density at radius 2 is 1.80 bits per heavy atom. The van der Waals surface area contributed by atoms with E-state index in [1.54, 1.807) is 19.1 Å². The average Bonchev–Trinajstić information content (AvgIpc) is 3.06. The van der Waals surface area contributed by atoms with Gasteiger partial charge in [0.25, 0.3) is 5.91 Å². The number of halogens is 4. The van der Waals surface area contributed by atoms with Gasteiger partial charge >= 0.3 is 12.2 Å². The van der Waals surface area contributed by atoms with Crippen molar-refractivity contribution < 1.29 is 22.8 Å². The lowest BCUT2D eigenvalue weighted by Gasteiger charge is -2.20. The van der Waals surface area contributed by atoms with Crippen LogP contribution in [0.2, 0.25) is 4.34 Å². The monoisotopic (exact) mass is 388 g/mol. The van der Waals surface area contributed by atoms with Crippen LogP contribution in [0.25, 0.3) is 0 Å². The highest BCUT2D eigenvalue weighted by molar-refractivity contribution is 7.16. The molecule has 1 fully saturated rings. The molecule has 2 heterocycles. The van der Waals surface area contributed by atoms with E-state index in [9.17, 15) is 22.8 Å². The largest absolute Gasteiger partial charge is 0.416 e. The lowest BCUT2D eigenvalue weighted by Crippen LogP contribution is -2.40. The summed E-state index contributed by atoms with van der Waals surface area (Å²) in [6, 6.07) is 7.04. The Kier molecular flexibility index (Phi) is 4.28. The second-order valence-electron chi connectivity index (χ2n) is 5.74. The molecule has 0 bridgehead atoms. The Morgan fingerprint density at radius 1 is 1.16 bits per heavy atom. The van der Waals surface area contributed by atoms with Gasteiger partial charge < -0.3 is 5.32 Å². The molecule has 0 unspecified atom stereocenters. The van der Waals surface area contributed by atoms with Gasteiger partial charge in [0.15, 0.2) is 5.54 Å². The van der Waals surface area contributed by atoms with Gasteiger partial charge in [0, 0.05) is 4.88 Å². The zero-order chi connectivity index (χ0) is 18.4. The molecule has 9 heteroatoms. The van der Waals surface area contributed by atoms with E-state index >= 15 is 0 Å². The summed E-state index contributed by atoms with van der Waals surface area (Å²) in [5, 5.41) is 2.62. The second kappa shape index (κ2) is 6.03. The van der Waals surface area contributed by atoms with Gasteiger partial charge in [-0.05, 0) is 36.8 Å². The van der Waals surface area contributed by atoms with E-state index in [-0.39, 0.29) is 6.54 Å². The first-order valence-electron chi connectivity index (χ1n) is 7.17. The quantitative estimate of drug-likeness (QED) is 0.793. The predicted molar refractivity (Wildman–Crippen MR) is 87.2 cm³/mol. The van der Waals surface area contributed by atoms with Gasteiger partial charge in [-0.2, -0.15) is 13.2 Å². The van der Waals surface area contributed by atoms with Gasteiger partial charge in [-0.1, -0.05) is 23.7 Å². The van der Waals surface area contributed by atoms with E-state index < -0.39 is 29.2 Å². The third-order valence-electron chi connectivity index (χ3n) is 3.96. The Morgan fingerprint density at radius 3 is 2.32 bits per heavy atom. The van der Waals surface area contributed by atoms with Gasteiger partial charge in [-0.3, -0.25) is 9.69 Å². The van der Waals surface area contributed by atoms with Crippen LogP contribution in [0.4, 0.5) is 18.0 Å². The Bertz CT molecular complexity index is 835. The van der Waals surface area contributed by atoms with Gasteiger partial charge in [0.05, 0.1) is 16.4 Å². The van der Waals surface area contributed by atoms with Gasteiger partial charge in [-0.15, -0.1) is 11.3 Å². The van der Waals surface area contributed by atoms with Gasteiger partial charge in [0.2, 0.25) is 0 Å². The number of benzene rings is 1. The van der Waals surface area contributed by atoms with Crippen LogP contribution >= 0.6 is 22.9 Å². The number of thiophene rings is 1. The Labute approximate surface area is 150 Å². The summed E-state index contributed by atoms with van der Waals surface area (Å²) in [5.41, 5.74) is -1.60. The summed E-state index contributed by atoms with van der Waals surface area (Å²) in [6.45, 7) is 1.46. The van der Waals surface area contributed by atoms with E-state index in [1.165, 1.54) is 23.5 Å². The van der Waals surface area contributed by atoms with Crippen molar-refractivity contribution in [3.63, 3.8) is 0 Å². The molecule has 4 nitrogen and oxygen atoms in total. The van der Waals surface area contributed by atoms with Gasteiger partial charge in [0.1, 0.15) is 0 Å². The molecule has 1 saturated heterocycles. The number of carbonyl (C=O) groups is 2. The first-order chi connectivity index (χ1) is 11.6. The molecule has 0 spiro atoms. The maximum atomic E-state index is 12.7. The standard InChI is InChI=1S/C16H12ClF3N2O2S/c1-15(11-6-7-12(17)25-11)13(23)22(14(24)21-15)8-9-2-4-10(5-3-9)16(18,19)20/h2-7H,8H2,1H3,(H,21,24)/t15-/m1/s1. The maximum Gasteiger partial charge on any atom is 0.416 e. The van der Waals surface area contributed by atoms with Crippen LogP contribution < -0.4 is 5.32 Å². The number of amides is 3. The van der Waals surface area contributed by atoms with Crippen molar-refractivity contribution in [3.8, 4) is 0 Å². The molecular formula is C16H12ClF3N2O2S. The molecule has 0 aliphatic carbocycles. The van der Waals surface area contributed by atoms with Gasteiger partial charge in [-0.25, -0.2) is 4.79 Å². The summed E-state index contributed by atoms with van der Waals surface area (Å²) in [6.07, 6.45) is -4.43. The molecule has 1 atom stereocenters. The fourth-order valence-corrected chi connectivity index (χ4v) is 3.71. The summed E-state index contributed by atoms with van der Waals surface area (Å²) in [7, 11) is 0. The predicted octanol–water partition coefficient (Wildman–Crippen LogP) is 4.39. The lowest BCUT2D eigenvalue weighted by atomic mass is 10.0. The molecule has 1 N–H and O–H groups in total. The fraction of sp³-hybridized carbons (Fsp3) is 0.250. The van der Waals surface area contributed by atoms with Crippen LogP contribution in [0, 0.1) is 0 Å². The molecule has 1 aliphatic rings. The van der Waals surface area contributed by atoms with E-state index in [4.69, 9.17) is 11.6 Å². The highest BCUT2D eigenvalue weighted by atomic mass is 35.5. The third-order valence-corrected chi connectivity index (χ3v) is 5.42. The summed E-state index contributed by atoms with van der Waals surface area (Å²) >= 11 is 7.07. The zero-order valence-electron chi connectivity index (χ0n) is 12.9. The molecule has 1 aromatic carbocycles. The van der Waals surface area contributed by atoms with Crippen molar-refractivity contribution in [2.75, 3.05) is 0 Å². The fourth-order valence-electron chi connectivity index (χ4n) is 2.57. The molecule has 132 valence electrons. The second-order valence-corrected chi connectivity index (χ2v) is 7.46. The summed E-state index contributed by atoms with van der Waals surface area (Å²) < 4.78 is 38.3. The highest BCUT2D eigenvalue weighted by Crippen LogP contribution is 2.36. The molecule has 1 aromatic heterocycles. The van der Waals surface area contributed by atoms with Crippen molar-refractivity contribution in [1.82, 2.24) is 10.2 Å². The SMILES string of the molecule is C[C@]1(c2ccc(Cl)s2)NC(=O)N(Cc2ccc(C(F)(F)F)cc2)C1=O. The van der Waals surface area contributed by atoms with Crippen molar-refractivity contribution in [1.29, 1.82) is 0 Å². The molecular weight excluding hydrogens is 377 g/mol. The molecule has 0 radical (unpaired) electrons. The van der Waals surface area contributed by atoms with Crippen LogP contribution in [-0.4, -0.2) is 16.8 Å². The number of nitrogens with one attached hydrogen (secondary N) is 1. The Balaban J connectivity index is 1.82. The van der Waals surface area contributed by atoms with Crippen molar-refractivity contribution in [2.24, 2.45) is 0 Å². The van der Waals surface area contributed by atoms with Crippen molar-refractivity contribution >= 4 is 34.9 Å². The van der Waals surface area contributed by atoms with Crippen LogP contribution in [0.5, 0.6) is 0 Å². The first-order valence-corrected chi connectivity index (χ1v) is 8.37. The normalized spacial score (nSPS) is 20.9. The molecule has 3 rings (SSSR count). The molecule has 3 amide bonds. The van der Waals surface area contributed by atoms with Crippen LogP contribution in [0.1, 0.15) is 22.9 Å². The topological polar surface area (TPSA) is 49.4 Å². The number of alkyl halides is 3. The number of rotatable bonds is 3. The first kappa shape index (κ1) is 17.8. The number of hydrogen-bond donors (Lipinski definition) is 1. The minimum Gasteiger partial charge on any atom is -0.319 e. The molecule has 0 saturated carbocycles.